The van der Waals surface area contributed by atoms with Crippen LogP contribution in [0.3, 0.4) is 0 Å². The summed E-state index contributed by atoms with van der Waals surface area (Å²) < 4.78 is 0. The highest BCUT2D eigenvalue weighted by Crippen LogP contribution is 2.30. The molecule has 2 heteroatoms. The Morgan fingerprint density at radius 3 is 2.39 bits per heavy atom. The van der Waals surface area contributed by atoms with Crippen molar-refractivity contribution >= 4 is 11.6 Å². The van der Waals surface area contributed by atoms with Gasteiger partial charge in [-0.25, -0.2) is 0 Å². The van der Waals surface area contributed by atoms with Crippen molar-refractivity contribution in [2.45, 2.75) is 26.3 Å². The summed E-state index contributed by atoms with van der Waals surface area (Å²) in [6.45, 7) is 6.21. The Bertz CT molecular complexity index is 573. The minimum Gasteiger partial charge on any atom is -0.318 e. The molecular weight excluding hydrogens is 242 g/mol. The smallest absolute Gasteiger partial charge is 0.0640 e. The van der Waals surface area contributed by atoms with E-state index in [4.69, 9.17) is 17.3 Å². The van der Waals surface area contributed by atoms with Crippen LogP contribution in [-0.4, -0.2) is 0 Å². The fourth-order valence-corrected chi connectivity index (χ4v) is 2.55. The van der Waals surface area contributed by atoms with Crippen molar-refractivity contribution in [1.82, 2.24) is 0 Å². The Morgan fingerprint density at radius 1 is 1.06 bits per heavy atom. The van der Waals surface area contributed by atoms with E-state index in [1.807, 2.05) is 31.2 Å². The Morgan fingerprint density at radius 2 is 1.78 bits per heavy atom. The van der Waals surface area contributed by atoms with Crippen molar-refractivity contribution in [1.29, 1.82) is 0 Å². The molecule has 0 aromatic heterocycles. The SMILES string of the molecule is Cc1ccc(C(C)(N)c2cccc(Cl)c2)c(C)c1. The molecular formula is C16H18ClN. The van der Waals surface area contributed by atoms with Gasteiger partial charge in [0.1, 0.15) is 0 Å². The maximum atomic E-state index is 6.52. The van der Waals surface area contributed by atoms with E-state index < -0.39 is 5.54 Å². The van der Waals surface area contributed by atoms with Crippen molar-refractivity contribution in [2.75, 3.05) is 0 Å². The molecule has 2 aromatic rings. The Labute approximate surface area is 114 Å². The summed E-state index contributed by atoms with van der Waals surface area (Å²) in [7, 11) is 0. The largest absolute Gasteiger partial charge is 0.318 e. The highest BCUT2D eigenvalue weighted by Gasteiger charge is 2.25. The van der Waals surface area contributed by atoms with Gasteiger partial charge in [-0.1, -0.05) is 47.5 Å². The van der Waals surface area contributed by atoms with Gasteiger partial charge in [0.25, 0.3) is 0 Å². The first-order chi connectivity index (χ1) is 8.41. The van der Waals surface area contributed by atoms with Gasteiger partial charge in [-0.05, 0) is 49.6 Å². The van der Waals surface area contributed by atoms with E-state index in [2.05, 4.69) is 32.0 Å². The van der Waals surface area contributed by atoms with Crippen LogP contribution in [0.25, 0.3) is 0 Å². The number of hydrogen-bond donors (Lipinski definition) is 1. The van der Waals surface area contributed by atoms with Gasteiger partial charge in [-0.3, -0.25) is 0 Å². The Hall–Kier alpha value is -1.31. The minimum atomic E-state index is -0.525. The highest BCUT2D eigenvalue weighted by atomic mass is 35.5. The second-order valence-electron chi connectivity index (χ2n) is 5.03. The number of halogens is 1. The van der Waals surface area contributed by atoms with E-state index in [0.29, 0.717) is 5.02 Å². The van der Waals surface area contributed by atoms with Crippen LogP contribution < -0.4 is 5.73 Å². The molecule has 0 saturated heterocycles. The molecule has 1 nitrogen and oxygen atoms in total. The van der Waals surface area contributed by atoms with E-state index in [1.165, 1.54) is 11.1 Å². The van der Waals surface area contributed by atoms with Crippen LogP contribution in [-0.2, 0) is 5.54 Å². The molecule has 0 aliphatic carbocycles. The molecule has 1 unspecified atom stereocenters. The lowest BCUT2D eigenvalue weighted by molar-refractivity contribution is 0.599. The molecule has 0 fully saturated rings. The predicted octanol–water partition coefficient (Wildman–Crippen LogP) is 4.18. The van der Waals surface area contributed by atoms with Gasteiger partial charge in [0, 0.05) is 5.02 Å². The third-order valence-electron chi connectivity index (χ3n) is 3.37. The van der Waals surface area contributed by atoms with Gasteiger partial charge < -0.3 is 5.73 Å². The number of hydrogen-bond acceptors (Lipinski definition) is 1. The number of nitrogens with two attached hydrogens (primary N) is 1. The van der Waals surface area contributed by atoms with Crippen LogP contribution in [0.2, 0.25) is 5.02 Å². The average Bonchev–Trinajstić information content (AvgIpc) is 2.28. The molecule has 2 rings (SSSR count). The third-order valence-corrected chi connectivity index (χ3v) is 3.60. The molecule has 2 aromatic carbocycles. The molecule has 0 aliphatic heterocycles. The zero-order valence-electron chi connectivity index (χ0n) is 11.0. The first-order valence-electron chi connectivity index (χ1n) is 6.04. The van der Waals surface area contributed by atoms with Gasteiger partial charge in [0.2, 0.25) is 0 Å². The minimum absolute atomic E-state index is 0.525. The van der Waals surface area contributed by atoms with Gasteiger partial charge in [-0.2, -0.15) is 0 Å². The van der Waals surface area contributed by atoms with Gasteiger partial charge in [0.15, 0.2) is 0 Å². The summed E-state index contributed by atoms with van der Waals surface area (Å²) >= 11 is 6.05. The Kier molecular flexibility index (Phi) is 3.47. The monoisotopic (exact) mass is 259 g/mol. The lowest BCUT2D eigenvalue weighted by atomic mass is 9.83. The molecule has 0 saturated carbocycles. The summed E-state index contributed by atoms with van der Waals surface area (Å²) in [5.41, 5.74) is 10.6. The average molecular weight is 260 g/mol. The number of benzene rings is 2. The fourth-order valence-electron chi connectivity index (χ4n) is 2.36. The standard InChI is InChI=1S/C16H18ClN/c1-11-7-8-15(12(2)9-11)16(3,18)13-5-4-6-14(17)10-13/h4-10H,18H2,1-3H3. The molecule has 0 bridgehead atoms. The summed E-state index contributed by atoms with van der Waals surface area (Å²) in [4.78, 5) is 0. The van der Waals surface area contributed by atoms with Crippen molar-refractivity contribution in [2.24, 2.45) is 5.73 Å². The molecule has 2 N–H and O–H groups in total. The van der Waals surface area contributed by atoms with Crippen LogP contribution in [0.5, 0.6) is 0 Å². The van der Waals surface area contributed by atoms with Crippen molar-refractivity contribution in [3.63, 3.8) is 0 Å². The topological polar surface area (TPSA) is 26.0 Å². The third kappa shape index (κ3) is 2.43. The van der Waals surface area contributed by atoms with Crippen molar-refractivity contribution in [3.8, 4) is 0 Å². The van der Waals surface area contributed by atoms with Crippen molar-refractivity contribution in [3.05, 3.63) is 69.7 Å². The van der Waals surface area contributed by atoms with Crippen LogP contribution >= 0.6 is 11.6 Å². The van der Waals surface area contributed by atoms with E-state index in [-0.39, 0.29) is 0 Å². The van der Waals surface area contributed by atoms with E-state index in [9.17, 15) is 0 Å². The van der Waals surface area contributed by atoms with Gasteiger partial charge in [0.05, 0.1) is 5.54 Å². The molecule has 94 valence electrons. The first kappa shape index (κ1) is 13.1. The molecule has 0 aliphatic rings. The zero-order valence-corrected chi connectivity index (χ0v) is 11.8. The highest BCUT2D eigenvalue weighted by molar-refractivity contribution is 6.30. The lowest BCUT2D eigenvalue weighted by Gasteiger charge is -2.28. The summed E-state index contributed by atoms with van der Waals surface area (Å²) in [5.74, 6) is 0. The molecule has 1 atom stereocenters. The second kappa shape index (κ2) is 4.75. The summed E-state index contributed by atoms with van der Waals surface area (Å²) in [6, 6.07) is 14.1. The quantitative estimate of drug-likeness (QED) is 0.860. The zero-order chi connectivity index (χ0) is 13.3. The molecule has 0 radical (unpaired) electrons. The second-order valence-corrected chi connectivity index (χ2v) is 5.47. The number of rotatable bonds is 2. The van der Waals surface area contributed by atoms with E-state index >= 15 is 0 Å². The van der Waals surface area contributed by atoms with Crippen LogP contribution in [0.15, 0.2) is 42.5 Å². The molecule has 0 spiro atoms. The molecule has 0 amide bonds. The van der Waals surface area contributed by atoms with Crippen LogP contribution in [0, 0.1) is 13.8 Å². The maximum Gasteiger partial charge on any atom is 0.0640 e. The normalized spacial score (nSPS) is 14.3. The van der Waals surface area contributed by atoms with Crippen LogP contribution in [0.1, 0.15) is 29.2 Å². The van der Waals surface area contributed by atoms with E-state index in [0.717, 1.165) is 11.1 Å². The summed E-state index contributed by atoms with van der Waals surface area (Å²) in [5, 5.41) is 0.717. The predicted molar refractivity (Wildman–Crippen MR) is 78.0 cm³/mol. The van der Waals surface area contributed by atoms with Gasteiger partial charge in [-0.15, -0.1) is 0 Å². The lowest BCUT2D eigenvalue weighted by Crippen LogP contribution is -2.35. The molecule has 18 heavy (non-hydrogen) atoms. The van der Waals surface area contributed by atoms with Gasteiger partial charge >= 0.3 is 0 Å². The number of aryl methyl sites for hydroxylation is 2. The van der Waals surface area contributed by atoms with E-state index in [1.54, 1.807) is 0 Å². The van der Waals surface area contributed by atoms with Crippen LogP contribution in [0.4, 0.5) is 0 Å². The molecule has 0 heterocycles. The Balaban J connectivity index is 2.53. The summed E-state index contributed by atoms with van der Waals surface area (Å²) in [6.07, 6.45) is 0. The maximum absolute atomic E-state index is 6.52. The fraction of sp³-hybridized carbons (Fsp3) is 0.250. The first-order valence-corrected chi connectivity index (χ1v) is 6.42. The van der Waals surface area contributed by atoms with Crippen molar-refractivity contribution < 1.29 is 0 Å².